The summed E-state index contributed by atoms with van der Waals surface area (Å²) < 4.78 is 22.5. The summed E-state index contributed by atoms with van der Waals surface area (Å²) in [5, 5.41) is 11.2. The number of nitrogens with zero attached hydrogens (tertiary/aromatic N) is 1. The van der Waals surface area contributed by atoms with Gasteiger partial charge in [0.15, 0.2) is 23.0 Å². The average molecular weight is 532 g/mol. The summed E-state index contributed by atoms with van der Waals surface area (Å²) in [7, 11) is 8.61. The van der Waals surface area contributed by atoms with Crippen molar-refractivity contribution < 1.29 is 79.9 Å². The van der Waals surface area contributed by atoms with E-state index >= 15 is 0 Å². The van der Waals surface area contributed by atoms with Crippen LogP contribution in [-0.4, -0.2) is 59.0 Å². The van der Waals surface area contributed by atoms with Gasteiger partial charge in [-0.05, 0) is 35.4 Å². The van der Waals surface area contributed by atoms with Crippen LogP contribution in [0.1, 0.15) is 29.2 Å². The number of rotatable bonds is 9. The van der Waals surface area contributed by atoms with E-state index in [9.17, 15) is 9.90 Å². The van der Waals surface area contributed by atoms with E-state index in [1.807, 2.05) is 30.3 Å². The van der Waals surface area contributed by atoms with Crippen LogP contribution in [0.4, 0.5) is 0 Å². The van der Waals surface area contributed by atoms with Crippen molar-refractivity contribution in [1.82, 2.24) is 0 Å². The number of hydrogen-bond acceptors (Lipinski definition) is 6. The Balaban J connectivity index is 0.00000272. The monoisotopic (exact) mass is 531 g/mol. The van der Waals surface area contributed by atoms with E-state index in [1.54, 1.807) is 28.4 Å². The normalized spacial score (nSPS) is 18.8. The zero-order valence-corrected chi connectivity index (χ0v) is 23.9. The van der Waals surface area contributed by atoms with Gasteiger partial charge in [-0.3, -0.25) is 0 Å². The van der Waals surface area contributed by atoms with Crippen LogP contribution in [0.15, 0.2) is 30.3 Å². The SMILES string of the molecule is COc1ccc(CC2c3cc(OC)c(OC)cc3CC[N+]2(C)CCC(=O)[O-])cc1OC.[Br-].[Na+]. The van der Waals surface area contributed by atoms with Crippen LogP contribution in [0.2, 0.25) is 0 Å². The Morgan fingerprint density at radius 1 is 0.970 bits per heavy atom. The summed E-state index contributed by atoms with van der Waals surface area (Å²) in [5.41, 5.74) is 3.44. The molecule has 33 heavy (non-hydrogen) atoms. The second kappa shape index (κ2) is 12.9. The van der Waals surface area contributed by atoms with E-state index in [2.05, 4.69) is 7.05 Å². The number of carbonyl (C=O) groups is 1. The first-order valence-electron chi connectivity index (χ1n) is 10.3. The summed E-state index contributed by atoms with van der Waals surface area (Å²) in [5.74, 6) is 1.70. The van der Waals surface area contributed by atoms with Crippen LogP contribution >= 0.6 is 0 Å². The summed E-state index contributed by atoms with van der Waals surface area (Å²) in [6.07, 6.45) is 1.57. The number of aliphatic carboxylic acids is 1. The second-order valence-corrected chi connectivity index (χ2v) is 8.11. The fraction of sp³-hybridized carbons (Fsp3) is 0.458. The number of likely N-dealkylation sites (N-methyl/N-ethyl adjacent to an activating group) is 1. The van der Waals surface area contributed by atoms with Gasteiger partial charge in [-0.1, -0.05) is 6.07 Å². The van der Waals surface area contributed by atoms with Crippen molar-refractivity contribution in [3.05, 3.63) is 47.0 Å². The van der Waals surface area contributed by atoms with Gasteiger partial charge in [0.2, 0.25) is 0 Å². The van der Waals surface area contributed by atoms with Crippen LogP contribution in [0, 0.1) is 0 Å². The molecule has 0 N–H and O–H groups in total. The molecule has 0 saturated carbocycles. The first-order valence-corrected chi connectivity index (χ1v) is 10.3. The molecule has 0 aromatic heterocycles. The molecular formula is C24H31BrNNaO6. The number of carboxylic acids is 1. The van der Waals surface area contributed by atoms with E-state index in [-0.39, 0.29) is 59.0 Å². The zero-order chi connectivity index (χ0) is 22.6. The second-order valence-electron chi connectivity index (χ2n) is 8.11. The average Bonchev–Trinajstić information content (AvgIpc) is 2.78. The summed E-state index contributed by atoms with van der Waals surface area (Å²) in [6, 6.07) is 10.0. The van der Waals surface area contributed by atoms with Crippen LogP contribution in [-0.2, 0) is 17.6 Å². The number of quaternary nitrogens is 1. The molecule has 0 fully saturated rings. The van der Waals surface area contributed by atoms with Gasteiger partial charge in [0.05, 0.1) is 48.6 Å². The Labute approximate surface area is 228 Å². The summed E-state index contributed by atoms with van der Waals surface area (Å²) in [6.45, 7) is 1.32. The molecule has 1 aliphatic rings. The van der Waals surface area contributed by atoms with Gasteiger partial charge in [0, 0.05) is 30.8 Å². The molecule has 0 amide bonds. The fourth-order valence-corrected chi connectivity index (χ4v) is 4.51. The van der Waals surface area contributed by atoms with Crippen molar-refractivity contribution in [1.29, 1.82) is 0 Å². The van der Waals surface area contributed by atoms with Crippen molar-refractivity contribution in [3.63, 3.8) is 0 Å². The number of ether oxygens (including phenoxy) is 4. The van der Waals surface area contributed by atoms with Gasteiger partial charge >= 0.3 is 29.6 Å². The number of halogens is 1. The van der Waals surface area contributed by atoms with Crippen molar-refractivity contribution in [2.45, 2.75) is 25.3 Å². The quantitative estimate of drug-likeness (QED) is 0.243. The number of carboxylic acid groups (broad SMARTS) is 1. The molecule has 2 aromatic rings. The number of benzene rings is 2. The Kier molecular flexibility index (Phi) is 11.5. The van der Waals surface area contributed by atoms with Gasteiger partial charge < -0.3 is 50.3 Å². The minimum absolute atomic E-state index is 0. The number of carbonyl (C=O) groups excluding carboxylic acids is 1. The van der Waals surface area contributed by atoms with Gasteiger partial charge in [-0.25, -0.2) is 0 Å². The Hall–Kier alpha value is -1.45. The third kappa shape index (κ3) is 6.57. The predicted octanol–water partition coefficient (Wildman–Crippen LogP) is -3.84. The fourth-order valence-electron chi connectivity index (χ4n) is 4.51. The van der Waals surface area contributed by atoms with Crippen molar-refractivity contribution in [3.8, 4) is 23.0 Å². The molecule has 0 spiro atoms. The standard InChI is InChI=1S/C24H31NO6.BrH.Na/c1-25(11-9-24(26)27)10-8-17-14-22(30-4)23(31-5)15-18(17)19(25)12-16-6-7-20(28-2)21(13-16)29-3;;/h6-7,13-15,19H,8-12H2,1-5H3;1H;/q;;+1/p-1. The molecule has 176 valence electrons. The Morgan fingerprint density at radius 2 is 1.55 bits per heavy atom. The van der Waals surface area contributed by atoms with Crippen LogP contribution in [0.25, 0.3) is 0 Å². The van der Waals surface area contributed by atoms with E-state index in [4.69, 9.17) is 18.9 Å². The molecular weight excluding hydrogens is 501 g/mol. The zero-order valence-electron chi connectivity index (χ0n) is 20.3. The largest absolute Gasteiger partial charge is 1.00 e. The Bertz CT molecular complexity index is 957. The molecule has 9 heteroatoms. The molecule has 0 aliphatic carbocycles. The van der Waals surface area contributed by atoms with Crippen molar-refractivity contribution in [2.75, 3.05) is 48.6 Å². The third-order valence-electron chi connectivity index (χ3n) is 6.35. The maximum absolute atomic E-state index is 11.2. The molecule has 7 nitrogen and oxygen atoms in total. The molecule has 1 heterocycles. The summed E-state index contributed by atoms with van der Waals surface area (Å²) >= 11 is 0. The van der Waals surface area contributed by atoms with E-state index in [0.29, 0.717) is 40.4 Å². The first kappa shape index (κ1) is 29.6. The smallest absolute Gasteiger partial charge is 1.00 e. The Morgan fingerprint density at radius 3 is 2.12 bits per heavy atom. The van der Waals surface area contributed by atoms with Crippen molar-refractivity contribution in [2.24, 2.45) is 0 Å². The maximum atomic E-state index is 11.2. The number of methoxy groups -OCH3 is 4. The maximum Gasteiger partial charge on any atom is 1.00 e. The molecule has 2 unspecified atom stereocenters. The third-order valence-corrected chi connectivity index (χ3v) is 6.35. The van der Waals surface area contributed by atoms with E-state index in [1.165, 1.54) is 5.56 Å². The molecule has 2 atom stereocenters. The predicted molar refractivity (Wildman–Crippen MR) is 115 cm³/mol. The van der Waals surface area contributed by atoms with Gasteiger partial charge in [-0.2, -0.15) is 0 Å². The summed E-state index contributed by atoms with van der Waals surface area (Å²) in [4.78, 5) is 11.2. The first-order chi connectivity index (χ1) is 14.8. The van der Waals surface area contributed by atoms with Crippen LogP contribution in [0.3, 0.4) is 0 Å². The molecule has 1 aliphatic heterocycles. The van der Waals surface area contributed by atoms with E-state index < -0.39 is 5.97 Å². The van der Waals surface area contributed by atoms with E-state index in [0.717, 1.165) is 24.1 Å². The molecule has 0 radical (unpaired) electrons. The van der Waals surface area contributed by atoms with Gasteiger partial charge in [-0.15, -0.1) is 0 Å². The van der Waals surface area contributed by atoms with Crippen molar-refractivity contribution >= 4 is 5.97 Å². The van der Waals surface area contributed by atoms with Crippen LogP contribution < -0.4 is 70.6 Å². The molecule has 0 bridgehead atoms. The number of fused-ring (bicyclic) bond motifs is 1. The number of hydrogen-bond donors (Lipinski definition) is 0. The minimum Gasteiger partial charge on any atom is -1.00 e. The molecule has 0 saturated heterocycles. The van der Waals surface area contributed by atoms with Crippen LogP contribution in [0.5, 0.6) is 23.0 Å². The molecule has 2 aromatic carbocycles. The van der Waals surface area contributed by atoms with Gasteiger partial charge in [0.25, 0.3) is 0 Å². The topological polar surface area (TPSA) is 77.1 Å². The minimum atomic E-state index is -1.03. The van der Waals surface area contributed by atoms with Gasteiger partial charge in [0.1, 0.15) is 6.04 Å². The molecule has 3 rings (SSSR count).